The number of ether oxygens (including phenoxy) is 2. The Labute approximate surface area is 133 Å². The Morgan fingerprint density at radius 2 is 2.09 bits per heavy atom. The van der Waals surface area contributed by atoms with Crippen molar-refractivity contribution in [2.45, 2.75) is 63.7 Å². The molecule has 0 aromatic carbocycles. The summed E-state index contributed by atoms with van der Waals surface area (Å²) >= 11 is 0. The van der Waals surface area contributed by atoms with E-state index < -0.39 is 0 Å². The first-order valence-corrected chi connectivity index (χ1v) is 8.78. The topological polar surface area (TPSA) is 34.6 Å². The van der Waals surface area contributed by atoms with Crippen molar-refractivity contribution in [2.75, 3.05) is 24.7 Å². The van der Waals surface area contributed by atoms with E-state index in [1.165, 1.54) is 32.1 Å². The zero-order chi connectivity index (χ0) is 15.3. The van der Waals surface area contributed by atoms with E-state index in [4.69, 9.17) is 9.47 Å². The molecule has 0 aliphatic carbocycles. The van der Waals surface area contributed by atoms with Gasteiger partial charge in [0.2, 0.25) is 0 Å². The van der Waals surface area contributed by atoms with Crippen molar-refractivity contribution < 1.29 is 9.47 Å². The molecule has 0 N–H and O–H groups in total. The molecule has 1 atom stereocenters. The number of aromatic nitrogens is 1. The number of nitrogens with zero attached hydrogens (tertiary/aromatic N) is 2. The van der Waals surface area contributed by atoms with Crippen LogP contribution in [0.3, 0.4) is 0 Å². The second kappa shape index (κ2) is 7.42. The molecular formula is C18H28N2O2. The van der Waals surface area contributed by atoms with E-state index in [0.717, 1.165) is 38.4 Å². The fourth-order valence-electron chi connectivity index (χ4n) is 3.69. The number of rotatable bonds is 6. The lowest BCUT2D eigenvalue weighted by Crippen LogP contribution is -2.51. The van der Waals surface area contributed by atoms with E-state index in [9.17, 15) is 0 Å². The zero-order valence-electron chi connectivity index (χ0n) is 13.7. The first-order valence-electron chi connectivity index (χ1n) is 8.78. The summed E-state index contributed by atoms with van der Waals surface area (Å²) in [4.78, 5) is 7.02. The molecule has 122 valence electrons. The van der Waals surface area contributed by atoms with Gasteiger partial charge in [0.15, 0.2) is 5.79 Å². The number of anilines is 1. The molecule has 4 heteroatoms. The fraction of sp³-hybridized carbons (Fsp3) is 0.722. The standard InChI is InChI=1S/C18H28N2O2/c1-2-3-4-5-8-16-15-18(21-13-14-22-18)10-12-20(16)17-9-6-7-11-19-17/h6-7,9,11,16H,2-5,8,10,12-15H2,1H3. The van der Waals surface area contributed by atoms with Crippen LogP contribution in [-0.4, -0.2) is 36.6 Å². The number of piperidine rings is 1. The summed E-state index contributed by atoms with van der Waals surface area (Å²) in [5.41, 5.74) is 0. The summed E-state index contributed by atoms with van der Waals surface area (Å²) in [5, 5.41) is 0. The Balaban J connectivity index is 1.67. The molecule has 1 unspecified atom stereocenters. The molecule has 3 heterocycles. The average Bonchev–Trinajstić information content (AvgIpc) is 3.00. The third-order valence-electron chi connectivity index (χ3n) is 4.87. The minimum atomic E-state index is -0.319. The van der Waals surface area contributed by atoms with Gasteiger partial charge in [0.25, 0.3) is 0 Å². The summed E-state index contributed by atoms with van der Waals surface area (Å²) in [6.45, 7) is 4.71. The minimum Gasteiger partial charge on any atom is -0.353 e. The summed E-state index contributed by atoms with van der Waals surface area (Å²) in [7, 11) is 0. The smallest absolute Gasteiger partial charge is 0.172 e. The molecule has 2 aliphatic heterocycles. The maximum absolute atomic E-state index is 5.95. The van der Waals surface area contributed by atoms with Gasteiger partial charge in [0.1, 0.15) is 5.82 Å². The van der Waals surface area contributed by atoms with Gasteiger partial charge in [0, 0.05) is 31.6 Å². The van der Waals surface area contributed by atoms with Crippen LogP contribution in [0.2, 0.25) is 0 Å². The second-order valence-corrected chi connectivity index (χ2v) is 6.45. The Kier molecular flexibility index (Phi) is 5.32. The quantitative estimate of drug-likeness (QED) is 0.749. The van der Waals surface area contributed by atoms with Crippen molar-refractivity contribution in [1.29, 1.82) is 0 Å². The third-order valence-corrected chi connectivity index (χ3v) is 4.87. The number of unbranched alkanes of at least 4 members (excludes halogenated alkanes) is 3. The molecule has 1 aromatic heterocycles. The summed E-state index contributed by atoms with van der Waals surface area (Å²) in [6, 6.07) is 6.64. The molecule has 1 spiro atoms. The molecule has 22 heavy (non-hydrogen) atoms. The van der Waals surface area contributed by atoms with Crippen molar-refractivity contribution in [3.63, 3.8) is 0 Å². The van der Waals surface area contributed by atoms with Crippen LogP contribution in [0.25, 0.3) is 0 Å². The van der Waals surface area contributed by atoms with Gasteiger partial charge in [-0.05, 0) is 18.6 Å². The van der Waals surface area contributed by atoms with E-state index in [1.807, 2.05) is 12.3 Å². The molecule has 0 radical (unpaired) electrons. The van der Waals surface area contributed by atoms with Crippen molar-refractivity contribution >= 4 is 5.82 Å². The molecule has 4 nitrogen and oxygen atoms in total. The third kappa shape index (κ3) is 3.61. The van der Waals surface area contributed by atoms with Crippen LogP contribution < -0.4 is 4.90 Å². The van der Waals surface area contributed by atoms with Crippen molar-refractivity contribution in [3.05, 3.63) is 24.4 Å². The molecule has 3 rings (SSSR count). The van der Waals surface area contributed by atoms with Crippen molar-refractivity contribution in [3.8, 4) is 0 Å². The zero-order valence-corrected chi connectivity index (χ0v) is 13.7. The van der Waals surface area contributed by atoms with Crippen LogP contribution >= 0.6 is 0 Å². The molecule has 2 aliphatic rings. The predicted molar refractivity (Wildman–Crippen MR) is 88.0 cm³/mol. The predicted octanol–water partition coefficient (Wildman–Crippen LogP) is 3.76. The van der Waals surface area contributed by atoms with Gasteiger partial charge >= 0.3 is 0 Å². The first-order chi connectivity index (χ1) is 10.8. The average molecular weight is 304 g/mol. The number of pyridine rings is 1. The van der Waals surface area contributed by atoms with Gasteiger partial charge in [-0.3, -0.25) is 0 Å². The SMILES string of the molecule is CCCCCCC1CC2(CCN1c1ccccn1)OCCO2. The van der Waals surface area contributed by atoms with E-state index in [1.54, 1.807) is 0 Å². The summed E-state index contributed by atoms with van der Waals surface area (Å²) in [6.07, 6.45) is 10.2. The number of hydrogen-bond donors (Lipinski definition) is 0. The van der Waals surface area contributed by atoms with Crippen molar-refractivity contribution in [1.82, 2.24) is 4.98 Å². The lowest BCUT2D eigenvalue weighted by molar-refractivity contribution is -0.176. The lowest BCUT2D eigenvalue weighted by Gasteiger charge is -2.44. The van der Waals surface area contributed by atoms with Crippen LogP contribution in [0.4, 0.5) is 5.82 Å². The molecule has 2 fully saturated rings. The monoisotopic (exact) mass is 304 g/mol. The maximum Gasteiger partial charge on any atom is 0.172 e. The van der Waals surface area contributed by atoms with Crippen LogP contribution in [0.5, 0.6) is 0 Å². The Hall–Kier alpha value is -1.13. The highest BCUT2D eigenvalue weighted by atomic mass is 16.7. The highest BCUT2D eigenvalue weighted by Crippen LogP contribution is 2.37. The Morgan fingerprint density at radius 1 is 1.23 bits per heavy atom. The largest absolute Gasteiger partial charge is 0.353 e. The Morgan fingerprint density at radius 3 is 2.82 bits per heavy atom. The lowest BCUT2D eigenvalue weighted by atomic mass is 9.92. The first kappa shape index (κ1) is 15.8. The summed E-state index contributed by atoms with van der Waals surface area (Å²) < 4.78 is 11.9. The number of hydrogen-bond acceptors (Lipinski definition) is 4. The molecule has 0 saturated carbocycles. The van der Waals surface area contributed by atoms with Crippen LogP contribution in [0.15, 0.2) is 24.4 Å². The van der Waals surface area contributed by atoms with Gasteiger partial charge in [-0.15, -0.1) is 0 Å². The highest BCUT2D eigenvalue weighted by Gasteiger charge is 2.44. The fourth-order valence-corrected chi connectivity index (χ4v) is 3.69. The maximum atomic E-state index is 5.95. The van der Waals surface area contributed by atoms with E-state index >= 15 is 0 Å². The molecule has 1 aromatic rings. The molecule has 0 amide bonds. The van der Waals surface area contributed by atoms with Crippen LogP contribution in [0.1, 0.15) is 51.9 Å². The van der Waals surface area contributed by atoms with Gasteiger partial charge in [-0.2, -0.15) is 0 Å². The van der Waals surface area contributed by atoms with Crippen LogP contribution in [-0.2, 0) is 9.47 Å². The van der Waals surface area contributed by atoms with Gasteiger partial charge in [-0.1, -0.05) is 38.7 Å². The molecule has 2 saturated heterocycles. The summed E-state index contributed by atoms with van der Waals surface area (Å²) in [5.74, 6) is 0.775. The van der Waals surface area contributed by atoms with Gasteiger partial charge < -0.3 is 14.4 Å². The van der Waals surface area contributed by atoms with Gasteiger partial charge in [-0.25, -0.2) is 4.98 Å². The van der Waals surface area contributed by atoms with E-state index in [2.05, 4.69) is 28.9 Å². The van der Waals surface area contributed by atoms with Crippen LogP contribution in [0, 0.1) is 0 Å². The molecule has 0 bridgehead atoms. The minimum absolute atomic E-state index is 0.319. The molecular weight excluding hydrogens is 276 g/mol. The van der Waals surface area contributed by atoms with E-state index in [0.29, 0.717) is 6.04 Å². The Bertz CT molecular complexity index is 446. The second-order valence-electron chi connectivity index (χ2n) is 6.45. The highest BCUT2D eigenvalue weighted by molar-refractivity contribution is 5.40. The van der Waals surface area contributed by atoms with E-state index in [-0.39, 0.29) is 5.79 Å². The van der Waals surface area contributed by atoms with Gasteiger partial charge in [0.05, 0.1) is 13.2 Å². The normalized spacial score (nSPS) is 24.0. The van der Waals surface area contributed by atoms with Crippen molar-refractivity contribution in [2.24, 2.45) is 0 Å².